The Hall–Kier alpha value is -7.16. The van der Waals surface area contributed by atoms with E-state index in [0.717, 1.165) is 60.9 Å². The van der Waals surface area contributed by atoms with E-state index in [-0.39, 0.29) is 0 Å². The van der Waals surface area contributed by atoms with Gasteiger partial charge in [0.2, 0.25) is 0 Å². The lowest BCUT2D eigenvalue weighted by atomic mass is 9.85. The highest BCUT2D eigenvalue weighted by Gasteiger charge is 2.23. The minimum atomic E-state index is 0.811. The number of fused-ring (bicyclic) bond motifs is 7. The molecule has 0 fully saturated rings. The molecular weight excluding hydrogens is 657 g/mol. The Morgan fingerprint density at radius 2 is 0.759 bits per heavy atom. The third kappa shape index (κ3) is 4.74. The van der Waals surface area contributed by atoms with Gasteiger partial charge in [-0.25, -0.2) is 0 Å². The van der Waals surface area contributed by atoms with Gasteiger partial charge in [-0.05, 0) is 90.8 Å². The summed E-state index contributed by atoms with van der Waals surface area (Å²) < 4.78 is 13.6. The van der Waals surface area contributed by atoms with Gasteiger partial charge < -0.3 is 8.83 Å². The fourth-order valence-electron chi connectivity index (χ4n) is 8.49. The lowest BCUT2D eigenvalue weighted by Crippen LogP contribution is -1.91. The summed E-state index contributed by atoms with van der Waals surface area (Å²) in [5.41, 5.74) is 12.9. The van der Waals surface area contributed by atoms with Gasteiger partial charge in [0, 0.05) is 21.9 Å². The first-order valence-electron chi connectivity index (χ1n) is 18.4. The molecular formula is C52H32O2. The van der Waals surface area contributed by atoms with E-state index >= 15 is 0 Å². The monoisotopic (exact) mass is 688 g/mol. The van der Waals surface area contributed by atoms with Gasteiger partial charge in [0.1, 0.15) is 22.5 Å². The fraction of sp³-hybridized carbons (Fsp3) is 0. The molecule has 252 valence electrons. The summed E-state index contributed by atoms with van der Waals surface area (Å²) in [6.07, 6.45) is 0. The number of hydrogen-bond acceptors (Lipinski definition) is 2. The second-order valence-electron chi connectivity index (χ2n) is 14.0. The van der Waals surface area contributed by atoms with E-state index in [1.54, 1.807) is 0 Å². The summed E-state index contributed by atoms with van der Waals surface area (Å²) in [5, 5.41) is 7.97. The Bertz CT molecular complexity index is 3130. The van der Waals surface area contributed by atoms with E-state index in [4.69, 9.17) is 8.83 Å². The standard InChI is InChI=1S/C52H32O2/c1-4-15-33(16-5-1)36-21-14-22-37(31-36)47-39-23-10-12-25-41(39)48(42-26-13-11-24-40(42)47)38-27-28-43-46(32-38)53-45-30-29-44-49(34-17-6-2-7-18-34)51(54-52(44)50(43)45)35-19-8-3-9-20-35/h1-32H. The van der Waals surface area contributed by atoms with E-state index in [1.165, 1.54) is 49.4 Å². The largest absolute Gasteiger partial charge is 0.456 e. The molecule has 9 aromatic carbocycles. The Labute approximate surface area is 312 Å². The van der Waals surface area contributed by atoms with Crippen molar-refractivity contribution in [1.82, 2.24) is 0 Å². The molecule has 11 aromatic rings. The van der Waals surface area contributed by atoms with Crippen LogP contribution >= 0.6 is 0 Å². The predicted molar refractivity (Wildman–Crippen MR) is 226 cm³/mol. The average Bonchev–Trinajstić information content (AvgIpc) is 3.82. The first kappa shape index (κ1) is 30.5. The zero-order valence-corrected chi connectivity index (χ0v) is 29.3. The number of hydrogen-bond donors (Lipinski definition) is 0. The average molecular weight is 689 g/mol. The van der Waals surface area contributed by atoms with E-state index in [2.05, 4.69) is 188 Å². The van der Waals surface area contributed by atoms with E-state index in [9.17, 15) is 0 Å². The van der Waals surface area contributed by atoms with Gasteiger partial charge in [0.05, 0.1) is 5.39 Å². The fourth-order valence-corrected chi connectivity index (χ4v) is 8.49. The second kappa shape index (κ2) is 12.2. The maximum absolute atomic E-state index is 6.88. The highest BCUT2D eigenvalue weighted by molar-refractivity contribution is 6.24. The van der Waals surface area contributed by atoms with Crippen molar-refractivity contribution < 1.29 is 8.83 Å². The molecule has 0 aliphatic rings. The maximum atomic E-state index is 6.88. The van der Waals surface area contributed by atoms with Crippen LogP contribution in [0.5, 0.6) is 0 Å². The Morgan fingerprint density at radius 1 is 0.259 bits per heavy atom. The highest BCUT2D eigenvalue weighted by Crippen LogP contribution is 2.48. The van der Waals surface area contributed by atoms with Crippen molar-refractivity contribution in [3.63, 3.8) is 0 Å². The molecule has 0 aliphatic heterocycles. The minimum absolute atomic E-state index is 0.811. The second-order valence-corrected chi connectivity index (χ2v) is 14.0. The van der Waals surface area contributed by atoms with Gasteiger partial charge in [-0.15, -0.1) is 0 Å². The number of benzene rings is 9. The number of furan rings is 2. The van der Waals surface area contributed by atoms with Crippen LogP contribution in [0.3, 0.4) is 0 Å². The third-order valence-electron chi connectivity index (χ3n) is 10.9. The van der Waals surface area contributed by atoms with Crippen molar-refractivity contribution in [3.8, 4) is 55.8 Å². The zero-order valence-electron chi connectivity index (χ0n) is 29.3. The van der Waals surface area contributed by atoms with Crippen molar-refractivity contribution in [2.45, 2.75) is 0 Å². The summed E-state index contributed by atoms with van der Waals surface area (Å²) >= 11 is 0. The Balaban J connectivity index is 1.13. The topological polar surface area (TPSA) is 26.3 Å². The van der Waals surface area contributed by atoms with Crippen molar-refractivity contribution in [3.05, 3.63) is 194 Å². The van der Waals surface area contributed by atoms with Gasteiger partial charge in [-0.3, -0.25) is 0 Å². The van der Waals surface area contributed by atoms with Crippen molar-refractivity contribution in [2.24, 2.45) is 0 Å². The van der Waals surface area contributed by atoms with Gasteiger partial charge in [-0.1, -0.05) is 164 Å². The lowest BCUT2D eigenvalue weighted by molar-refractivity contribution is 0.634. The van der Waals surface area contributed by atoms with Gasteiger partial charge in [0.15, 0.2) is 0 Å². The van der Waals surface area contributed by atoms with Gasteiger partial charge >= 0.3 is 0 Å². The minimum Gasteiger partial charge on any atom is -0.456 e. The van der Waals surface area contributed by atoms with Crippen LogP contribution in [-0.2, 0) is 0 Å². The molecule has 0 unspecified atom stereocenters. The Morgan fingerprint density at radius 3 is 1.39 bits per heavy atom. The van der Waals surface area contributed by atoms with Crippen LogP contribution in [0.2, 0.25) is 0 Å². The molecule has 0 saturated heterocycles. The summed E-state index contributed by atoms with van der Waals surface area (Å²) in [4.78, 5) is 0. The van der Waals surface area contributed by atoms with Crippen molar-refractivity contribution in [2.75, 3.05) is 0 Å². The van der Waals surface area contributed by atoms with E-state index < -0.39 is 0 Å². The molecule has 2 nitrogen and oxygen atoms in total. The molecule has 11 rings (SSSR count). The molecule has 0 saturated carbocycles. The molecule has 0 spiro atoms. The van der Waals surface area contributed by atoms with Crippen molar-refractivity contribution in [1.29, 1.82) is 0 Å². The molecule has 0 amide bonds. The SMILES string of the molecule is c1ccc(-c2cccc(-c3c4ccccc4c(-c4ccc5c(c4)oc4ccc6c(-c7ccccc7)c(-c7ccccc7)oc6c45)c4ccccc34)c2)cc1. The molecule has 0 atom stereocenters. The smallest absolute Gasteiger partial charge is 0.147 e. The molecule has 0 aliphatic carbocycles. The van der Waals surface area contributed by atoms with Crippen LogP contribution in [0, 0.1) is 0 Å². The van der Waals surface area contributed by atoms with Crippen molar-refractivity contribution >= 4 is 54.5 Å². The zero-order chi connectivity index (χ0) is 35.6. The Kier molecular flexibility index (Phi) is 6.90. The van der Waals surface area contributed by atoms with E-state index in [1.807, 2.05) is 6.07 Å². The third-order valence-corrected chi connectivity index (χ3v) is 10.9. The highest BCUT2D eigenvalue weighted by atomic mass is 16.3. The molecule has 2 heterocycles. The van der Waals surface area contributed by atoms with Crippen LogP contribution in [0.15, 0.2) is 203 Å². The lowest BCUT2D eigenvalue weighted by Gasteiger charge is -2.18. The van der Waals surface area contributed by atoms with Crippen LogP contribution < -0.4 is 0 Å². The first-order valence-corrected chi connectivity index (χ1v) is 18.4. The summed E-state index contributed by atoms with van der Waals surface area (Å²) in [7, 11) is 0. The van der Waals surface area contributed by atoms with Crippen LogP contribution in [0.1, 0.15) is 0 Å². The summed E-state index contributed by atoms with van der Waals surface area (Å²) in [6, 6.07) is 69.0. The molecule has 2 heteroatoms. The predicted octanol–water partition coefficient (Wildman–Crippen LogP) is 15.0. The van der Waals surface area contributed by atoms with Gasteiger partial charge in [0.25, 0.3) is 0 Å². The van der Waals surface area contributed by atoms with Crippen LogP contribution in [0.4, 0.5) is 0 Å². The molecule has 0 bridgehead atoms. The summed E-state index contributed by atoms with van der Waals surface area (Å²) in [5.74, 6) is 0.864. The number of rotatable bonds is 5. The van der Waals surface area contributed by atoms with E-state index in [0.29, 0.717) is 0 Å². The molecule has 0 radical (unpaired) electrons. The summed E-state index contributed by atoms with van der Waals surface area (Å²) in [6.45, 7) is 0. The van der Waals surface area contributed by atoms with Gasteiger partial charge in [-0.2, -0.15) is 0 Å². The quantitative estimate of drug-likeness (QED) is 0.168. The molecule has 0 N–H and O–H groups in total. The first-order chi connectivity index (χ1) is 26.8. The maximum Gasteiger partial charge on any atom is 0.147 e. The molecule has 54 heavy (non-hydrogen) atoms. The normalized spacial score (nSPS) is 11.7. The molecule has 2 aromatic heterocycles. The van der Waals surface area contributed by atoms with Crippen LogP contribution in [0.25, 0.3) is 110 Å². The van der Waals surface area contributed by atoms with Crippen LogP contribution in [-0.4, -0.2) is 0 Å².